The van der Waals surface area contributed by atoms with Gasteiger partial charge in [-0.25, -0.2) is 0 Å². The molecule has 0 aliphatic heterocycles. The topological polar surface area (TPSA) is 60.2 Å². The minimum atomic E-state index is -0.397. The Morgan fingerprint density at radius 1 is 0.900 bits per heavy atom. The van der Waals surface area contributed by atoms with Crippen molar-refractivity contribution in [2.75, 3.05) is 0 Å². The fourth-order valence-electron chi connectivity index (χ4n) is 1.66. The first-order chi connectivity index (χ1) is 9.58. The van der Waals surface area contributed by atoms with Gasteiger partial charge in [0.2, 0.25) is 5.78 Å². The van der Waals surface area contributed by atoms with E-state index in [0.717, 1.165) is 6.08 Å². The maximum Gasteiger partial charge on any atom is 0.208 e. The van der Waals surface area contributed by atoms with Gasteiger partial charge in [-0.1, -0.05) is 41.9 Å². The Balaban J connectivity index is 2.20. The van der Waals surface area contributed by atoms with Gasteiger partial charge in [0.25, 0.3) is 0 Å². The number of hydrogen-bond acceptors (Lipinski definition) is 3. The van der Waals surface area contributed by atoms with E-state index in [0.29, 0.717) is 16.1 Å². The molecule has 0 aliphatic carbocycles. The summed E-state index contributed by atoms with van der Waals surface area (Å²) in [5.41, 5.74) is 6.47. The van der Waals surface area contributed by atoms with Crippen LogP contribution in [0.15, 0.2) is 66.4 Å². The molecule has 0 aromatic heterocycles. The molecule has 0 saturated heterocycles. The average Bonchev–Trinajstić information content (AvgIpc) is 2.48. The summed E-state index contributed by atoms with van der Waals surface area (Å²) in [6, 6.07) is 15.0. The number of rotatable bonds is 4. The lowest BCUT2D eigenvalue weighted by atomic mass is 10.1. The predicted octanol–water partition coefficient (Wildman–Crippen LogP) is 3.25. The van der Waals surface area contributed by atoms with E-state index in [9.17, 15) is 9.59 Å². The maximum atomic E-state index is 12.0. The van der Waals surface area contributed by atoms with Gasteiger partial charge in [-0.2, -0.15) is 0 Å². The Kier molecular flexibility index (Phi) is 4.33. The van der Waals surface area contributed by atoms with Crippen LogP contribution in [-0.4, -0.2) is 11.6 Å². The molecule has 2 rings (SSSR count). The van der Waals surface area contributed by atoms with E-state index in [2.05, 4.69) is 0 Å². The molecule has 2 N–H and O–H groups in total. The highest BCUT2D eigenvalue weighted by molar-refractivity contribution is 6.30. The Labute approximate surface area is 121 Å². The highest BCUT2D eigenvalue weighted by Crippen LogP contribution is 2.12. The van der Waals surface area contributed by atoms with Crippen LogP contribution in [0.4, 0.5) is 0 Å². The van der Waals surface area contributed by atoms with E-state index in [1.165, 1.54) is 0 Å². The number of Topliss-reactive ketones (excluding diaryl/α,β-unsaturated/α-hetero) is 1. The Hall–Kier alpha value is -2.39. The van der Waals surface area contributed by atoms with Gasteiger partial charge < -0.3 is 5.73 Å². The standard InChI is InChI=1S/C16H12ClNO2/c17-13-8-6-12(7-9-13)16(20)14(18)10-15(19)11-4-2-1-3-5-11/h1-10H,18H2. The molecule has 20 heavy (non-hydrogen) atoms. The van der Waals surface area contributed by atoms with Crippen molar-refractivity contribution in [2.24, 2.45) is 5.73 Å². The van der Waals surface area contributed by atoms with E-state index in [1.807, 2.05) is 6.07 Å². The molecule has 0 heterocycles. The number of halogens is 1. The molecule has 0 atom stereocenters. The first-order valence-corrected chi connectivity index (χ1v) is 6.32. The number of ketones is 2. The average molecular weight is 286 g/mol. The van der Waals surface area contributed by atoms with Crippen molar-refractivity contribution in [3.8, 4) is 0 Å². The third-order valence-corrected chi connectivity index (χ3v) is 2.97. The Bertz CT molecular complexity index is 661. The monoisotopic (exact) mass is 285 g/mol. The van der Waals surface area contributed by atoms with Gasteiger partial charge in [-0.05, 0) is 24.3 Å². The molecule has 0 unspecified atom stereocenters. The summed E-state index contributed by atoms with van der Waals surface area (Å²) >= 11 is 5.75. The molecule has 3 nitrogen and oxygen atoms in total. The predicted molar refractivity (Wildman–Crippen MR) is 78.8 cm³/mol. The number of nitrogens with two attached hydrogens (primary N) is 1. The zero-order chi connectivity index (χ0) is 14.5. The summed E-state index contributed by atoms with van der Waals surface area (Å²) in [5, 5.41) is 0.532. The first kappa shape index (κ1) is 14.0. The number of carbonyl (C=O) groups excluding carboxylic acids is 2. The SMILES string of the molecule is NC(=CC(=O)c1ccccc1)C(=O)c1ccc(Cl)cc1. The van der Waals surface area contributed by atoms with Gasteiger partial charge in [-0.15, -0.1) is 0 Å². The molecule has 0 spiro atoms. The largest absolute Gasteiger partial charge is 0.395 e. The van der Waals surface area contributed by atoms with Gasteiger partial charge in [-0.3, -0.25) is 9.59 Å². The van der Waals surface area contributed by atoms with Gasteiger partial charge >= 0.3 is 0 Å². The lowest BCUT2D eigenvalue weighted by Gasteiger charge is -2.01. The van der Waals surface area contributed by atoms with Crippen molar-refractivity contribution in [1.29, 1.82) is 0 Å². The highest BCUT2D eigenvalue weighted by Gasteiger charge is 2.11. The van der Waals surface area contributed by atoms with E-state index in [4.69, 9.17) is 17.3 Å². The van der Waals surface area contributed by atoms with E-state index < -0.39 is 5.78 Å². The van der Waals surface area contributed by atoms with E-state index in [1.54, 1.807) is 48.5 Å². The Morgan fingerprint density at radius 2 is 1.50 bits per heavy atom. The van der Waals surface area contributed by atoms with E-state index in [-0.39, 0.29) is 11.5 Å². The molecule has 2 aromatic rings. The minimum Gasteiger partial charge on any atom is -0.395 e. The van der Waals surface area contributed by atoms with Crippen LogP contribution in [0.3, 0.4) is 0 Å². The number of carbonyl (C=O) groups is 2. The van der Waals surface area contributed by atoms with Crippen molar-refractivity contribution in [2.45, 2.75) is 0 Å². The smallest absolute Gasteiger partial charge is 0.208 e. The molecule has 0 fully saturated rings. The normalized spacial score (nSPS) is 11.2. The van der Waals surface area contributed by atoms with Crippen molar-refractivity contribution < 1.29 is 9.59 Å². The molecule has 0 amide bonds. The number of allylic oxidation sites excluding steroid dienone is 2. The molecular weight excluding hydrogens is 274 g/mol. The summed E-state index contributed by atoms with van der Waals surface area (Å²) in [6.07, 6.45) is 1.15. The fourth-order valence-corrected chi connectivity index (χ4v) is 1.79. The molecule has 0 radical (unpaired) electrons. The van der Waals surface area contributed by atoms with Crippen molar-refractivity contribution in [1.82, 2.24) is 0 Å². The summed E-state index contributed by atoms with van der Waals surface area (Å²) in [5.74, 6) is -0.698. The van der Waals surface area contributed by atoms with Crippen LogP contribution in [0.25, 0.3) is 0 Å². The highest BCUT2D eigenvalue weighted by atomic mass is 35.5. The molecule has 2 aromatic carbocycles. The minimum absolute atomic E-state index is 0.0961. The molecule has 4 heteroatoms. The second-order valence-corrected chi connectivity index (χ2v) is 4.60. The Morgan fingerprint density at radius 3 is 2.10 bits per heavy atom. The fraction of sp³-hybridized carbons (Fsp3) is 0. The molecular formula is C16H12ClNO2. The third kappa shape index (κ3) is 3.33. The van der Waals surface area contributed by atoms with Crippen LogP contribution < -0.4 is 5.73 Å². The van der Waals surface area contributed by atoms with Gasteiger partial charge in [0.15, 0.2) is 5.78 Å². The molecule has 0 bridgehead atoms. The van der Waals surface area contributed by atoms with Crippen molar-refractivity contribution in [3.63, 3.8) is 0 Å². The van der Waals surface area contributed by atoms with Crippen LogP contribution in [0, 0.1) is 0 Å². The van der Waals surface area contributed by atoms with E-state index >= 15 is 0 Å². The van der Waals surface area contributed by atoms with Crippen LogP contribution >= 0.6 is 11.6 Å². The van der Waals surface area contributed by atoms with Gasteiger partial charge in [0.05, 0.1) is 5.70 Å². The van der Waals surface area contributed by atoms with Crippen LogP contribution in [0.1, 0.15) is 20.7 Å². The number of hydrogen-bond donors (Lipinski definition) is 1. The second-order valence-electron chi connectivity index (χ2n) is 4.17. The van der Waals surface area contributed by atoms with Crippen LogP contribution in [0.2, 0.25) is 5.02 Å². The maximum absolute atomic E-state index is 12.0. The number of benzene rings is 2. The summed E-state index contributed by atoms with van der Waals surface area (Å²) < 4.78 is 0. The van der Waals surface area contributed by atoms with Gasteiger partial charge in [0.1, 0.15) is 0 Å². The lowest BCUT2D eigenvalue weighted by molar-refractivity contribution is 0.101. The lowest BCUT2D eigenvalue weighted by Crippen LogP contribution is -2.13. The summed E-state index contributed by atoms with van der Waals surface area (Å²) in [6.45, 7) is 0. The van der Waals surface area contributed by atoms with Crippen molar-refractivity contribution >= 4 is 23.2 Å². The third-order valence-electron chi connectivity index (χ3n) is 2.71. The zero-order valence-electron chi connectivity index (χ0n) is 10.5. The zero-order valence-corrected chi connectivity index (χ0v) is 11.3. The quantitative estimate of drug-likeness (QED) is 0.693. The van der Waals surface area contributed by atoms with Crippen LogP contribution in [0.5, 0.6) is 0 Å². The summed E-state index contributed by atoms with van der Waals surface area (Å²) in [7, 11) is 0. The van der Waals surface area contributed by atoms with Crippen molar-refractivity contribution in [3.05, 3.63) is 82.5 Å². The molecule has 100 valence electrons. The molecule has 0 aliphatic rings. The summed E-state index contributed by atoms with van der Waals surface area (Å²) in [4.78, 5) is 23.9. The molecule has 0 saturated carbocycles. The van der Waals surface area contributed by atoms with Crippen LogP contribution in [-0.2, 0) is 0 Å². The first-order valence-electron chi connectivity index (χ1n) is 5.95. The second kappa shape index (κ2) is 6.17. The van der Waals surface area contributed by atoms with Gasteiger partial charge in [0, 0.05) is 22.2 Å².